The van der Waals surface area contributed by atoms with Crippen LogP contribution >= 0.6 is 11.6 Å². The molecule has 4 nitrogen and oxygen atoms in total. The van der Waals surface area contributed by atoms with Gasteiger partial charge in [0.1, 0.15) is 5.82 Å². The molecule has 1 heterocycles. The van der Waals surface area contributed by atoms with Crippen LogP contribution in [0.2, 0.25) is 5.02 Å². The Balaban J connectivity index is 1.82. The van der Waals surface area contributed by atoms with Gasteiger partial charge in [-0.05, 0) is 54.8 Å². The van der Waals surface area contributed by atoms with Gasteiger partial charge in [0.2, 0.25) is 0 Å². The maximum absolute atomic E-state index is 13.2. The molecule has 0 aliphatic carbocycles. The fourth-order valence-electron chi connectivity index (χ4n) is 3.38. The first kappa shape index (κ1) is 20.1. The largest absolute Gasteiger partial charge is 0.545 e. The predicted molar refractivity (Wildman–Crippen MR) is 106 cm³/mol. The molecule has 0 saturated carbocycles. The molecular weight excluding hydrogens is 379 g/mol. The Hall–Kier alpha value is -2.63. The number of hydrogen-bond acceptors (Lipinski definition) is 3. The average Bonchev–Trinajstić information content (AvgIpc) is 2.89. The van der Waals surface area contributed by atoms with Gasteiger partial charge in [0, 0.05) is 41.6 Å². The van der Waals surface area contributed by atoms with Gasteiger partial charge in [0.25, 0.3) is 0 Å². The predicted octanol–water partition coefficient (Wildman–Crippen LogP) is 3.60. The molecular formula is C22H21ClFN2O2-. The molecule has 0 unspecified atom stereocenters. The Morgan fingerprint density at radius 2 is 1.61 bits per heavy atom. The first-order valence-electron chi connectivity index (χ1n) is 8.96. The Morgan fingerprint density at radius 1 is 1.00 bits per heavy atom. The summed E-state index contributed by atoms with van der Waals surface area (Å²) in [5.41, 5.74) is 4.35. The lowest BCUT2D eigenvalue weighted by Crippen LogP contribution is -2.25. The zero-order valence-electron chi connectivity index (χ0n) is 15.8. The normalized spacial score (nSPS) is 11.0. The molecule has 0 bridgehead atoms. The molecule has 1 N–H and O–H groups in total. The lowest BCUT2D eigenvalue weighted by atomic mass is 10.1. The third kappa shape index (κ3) is 4.43. The molecule has 146 valence electrons. The highest BCUT2D eigenvalue weighted by Crippen LogP contribution is 2.23. The zero-order chi connectivity index (χ0) is 20.3. The summed E-state index contributed by atoms with van der Waals surface area (Å²) in [7, 11) is 0. The highest BCUT2D eigenvalue weighted by atomic mass is 35.5. The number of carboxylic acids is 1. The Labute approximate surface area is 168 Å². The van der Waals surface area contributed by atoms with E-state index < -0.39 is 5.97 Å². The number of aromatic carboxylic acids is 1. The minimum Gasteiger partial charge on any atom is -0.545 e. The van der Waals surface area contributed by atoms with E-state index in [0.29, 0.717) is 35.9 Å². The maximum Gasteiger partial charge on any atom is 0.123 e. The number of benzene rings is 2. The van der Waals surface area contributed by atoms with Crippen molar-refractivity contribution in [3.63, 3.8) is 0 Å². The van der Waals surface area contributed by atoms with Crippen molar-refractivity contribution in [3.8, 4) is 0 Å². The van der Waals surface area contributed by atoms with Crippen LogP contribution in [0.3, 0.4) is 0 Å². The molecule has 0 atom stereocenters. The van der Waals surface area contributed by atoms with Gasteiger partial charge in [-0.25, -0.2) is 4.39 Å². The van der Waals surface area contributed by atoms with Crippen molar-refractivity contribution in [2.45, 2.75) is 33.5 Å². The standard InChI is InChI=1S/C22H22ClFN2O2/c1-14-20(12-25-11-16-3-7-18(23)8-4-16)21(22(27)28)15(2)26(14)13-17-5-9-19(24)10-6-17/h3-10,25H,11-13H2,1-2H3,(H,27,28)/p-1. The van der Waals surface area contributed by atoms with Crippen molar-refractivity contribution in [2.24, 2.45) is 0 Å². The molecule has 0 spiro atoms. The minimum atomic E-state index is -1.19. The van der Waals surface area contributed by atoms with Crippen LogP contribution in [0, 0.1) is 19.7 Å². The second-order valence-electron chi connectivity index (χ2n) is 6.75. The van der Waals surface area contributed by atoms with Gasteiger partial charge >= 0.3 is 0 Å². The van der Waals surface area contributed by atoms with Crippen molar-refractivity contribution in [1.29, 1.82) is 0 Å². The minimum absolute atomic E-state index is 0.211. The number of nitrogens with zero attached hydrogens (tertiary/aromatic N) is 1. The van der Waals surface area contributed by atoms with Gasteiger partial charge in [-0.1, -0.05) is 35.9 Å². The van der Waals surface area contributed by atoms with Gasteiger partial charge < -0.3 is 19.8 Å². The maximum atomic E-state index is 13.2. The van der Waals surface area contributed by atoms with Crippen LogP contribution in [0.15, 0.2) is 48.5 Å². The highest BCUT2D eigenvalue weighted by molar-refractivity contribution is 6.30. The van der Waals surface area contributed by atoms with Crippen LogP contribution in [-0.4, -0.2) is 10.5 Å². The van der Waals surface area contributed by atoms with Gasteiger partial charge in [0.05, 0.1) is 5.97 Å². The number of halogens is 2. The second-order valence-corrected chi connectivity index (χ2v) is 7.19. The molecule has 0 aliphatic heterocycles. The highest BCUT2D eigenvalue weighted by Gasteiger charge is 2.18. The molecule has 1 aromatic heterocycles. The average molecular weight is 400 g/mol. The summed E-state index contributed by atoms with van der Waals surface area (Å²) in [6, 6.07) is 13.7. The molecule has 2 aromatic carbocycles. The number of carbonyl (C=O) groups excluding carboxylic acids is 1. The van der Waals surface area contributed by atoms with E-state index in [-0.39, 0.29) is 11.4 Å². The summed E-state index contributed by atoms with van der Waals surface area (Å²) in [6.45, 7) is 5.11. The first-order chi connectivity index (χ1) is 13.4. The SMILES string of the molecule is Cc1c(CNCc2ccc(Cl)cc2)c(C(=O)[O-])c(C)n1Cc1ccc(F)cc1. The van der Waals surface area contributed by atoms with Crippen molar-refractivity contribution < 1.29 is 14.3 Å². The topological polar surface area (TPSA) is 57.1 Å². The smallest absolute Gasteiger partial charge is 0.123 e. The fraction of sp³-hybridized carbons (Fsp3) is 0.227. The lowest BCUT2D eigenvalue weighted by molar-refractivity contribution is -0.255. The molecule has 6 heteroatoms. The summed E-state index contributed by atoms with van der Waals surface area (Å²) >= 11 is 5.90. The molecule has 0 saturated heterocycles. The van der Waals surface area contributed by atoms with E-state index >= 15 is 0 Å². The van der Waals surface area contributed by atoms with E-state index in [4.69, 9.17) is 11.6 Å². The zero-order valence-corrected chi connectivity index (χ0v) is 16.5. The van der Waals surface area contributed by atoms with Crippen LogP contribution in [0.4, 0.5) is 4.39 Å². The van der Waals surface area contributed by atoms with Crippen LogP contribution in [0.25, 0.3) is 0 Å². The quantitative estimate of drug-likeness (QED) is 0.660. The summed E-state index contributed by atoms with van der Waals surface area (Å²) < 4.78 is 15.1. The Bertz CT molecular complexity index is 979. The van der Waals surface area contributed by atoms with Crippen molar-refractivity contribution >= 4 is 17.6 Å². The number of nitrogens with one attached hydrogen (secondary N) is 1. The molecule has 0 fully saturated rings. The van der Waals surface area contributed by atoms with E-state index in [1.165, 1.54) is 12.1 Å². The summed E-state index contributed by atoms with van der Waals surface area (Å²) in [4.78, 5) is 11.8. The van der Waals surface area contributed by atoms with Crippen molar-refractivity contribution in [3.05, 3.63) is 93.0 Å². The summed E-state index contributed by atoms with van der Waals surface area (Å²) in [5.74, 6) is -1.49. The molecule has 3 rings (SSSR count). The van der Waals surface area contributed by atoms with E-state index in [9.17, 15) is 14.3 Å². The lowest BCUT2D eigenvalue weighted by Gasteiger charge is -2.10. The monoisotopic (exact) mass is 399 g/mol. The van der Waals surface area contributed by atoms with Gasteiger partial charge in [-0.2, -0.15) is 0 Å². The van der Waals surface area contributed by atoms with Crippen LogP contribution in [-0.2, 0) is 19.6 Å². The number of rotatable bonds is 7. The van der Waals surface area contributed by atoms with E-state index in [0.717, 1.165) is 16.8 Å². The summed E-state index contributed by atoms with van der Waals surface area (Å²) in [6.07, 6.45) is 0. The summed E-state index contributed by atoms with van der Waals surface area (Å²) in [5, 5.41) is 15.7. The third-order valence-corrected chi connectivity index (χ3v) is 5.16. The number of carboxylic acid groups (broad SMARTS) is 1. The van der Waals surface area contributed by atoms with Crippen molar-refractivity contribution in [1.82, 2.24) is 9.88 Å². The van der Waals surface area contributed by atoms with Gasteiger partial charge in [0.15, 0.2) is 0 Å². The van der Waals surface area contributed by atoms with Crippen LogP contribution < -0.4 is 10.4 Å². The Kier molecular flexibility index (Phi) is 6.17. The Morgan fingerprint density at radius 3 is 2.21 bits per heavy atom. The molecule has 28 heavy (non-hydrogen) atoms. The van der Waals surface area contributed by atoms with Crippen LogP contribution in [0.5, 0.6) is 0 Å². The van der Waals surface area contributed by atoms with E-state index in [1.54, 1.807) is 19.1 Å². The molecule has 0 radical (unpaired) electrons. The third-order valence-electron chi connectivity index (χ3n) is 4.91. The van der Waals surface area contributed by atoms with Gasteiger partial charge in [-0.3, -0.25) is 0 Å². The van der Waals surface area contributed by atoms with Crippen molar-refractivity contribution in [2.75, 3.05) is 0 Å². The van der Waals surface area contributed by atoms with Crippen LogP contribution in [0.1, 0.15) is 38.4 Å². The second kappa shape index (κ2) is 8.59. The number of carbonyl (C=O) groups is 1. The van der Waals surface area contributed by atoms with Gasteiger partial charge in [-0.15, -0.1) is 0 Å². The molecule has 0 aliphatic rings. The first-order valence-corrected chi connectivity index (χ1v) is 9.34. The fourth-order valence-corrected chi connectivity index (χ4v) is 3.51. The number of aromatic nitrogens is 1. The number of hydrogen-bond donors (Lipinski definition) is 1. The molecule has 3 aromatic rings. The molecule has 0 amide bonds. The van der Waals surface area contributed by atoms with E-state index in [1.807, 2.05) is 35.8 Å². The van der Waals surface area contributed by atoms with E-state index in [2.05, 4.69) is 5.32 Å².